The summed E-state index contributed by atoms with van der Waals surface area (Å²) in [6, 6.07) is 2.99. The number of likely N-dealkylation sites (tertiary alicyclic amines) is 2. The normalized spacial score (nSPS) is 27.9. The highest BCUT2D eigenvalue weighted by atomic mass is 19.1. The SMILES string of the molecule is O=C(N1CC[C@@H](Oc2cc(F)cc(F)c2)[C@H](O)C1)C1(N2CCCC2)CCCC1. The van der Waals surface area contributed by atoms with Crippen LogP contribution in [0.15, 0.2) is 18.2 Å². The van der Waals surface area contributed by atoms with Crippen LogP contribution < -0.4 is 4.74 Å². The van der Waals surface area contributed by atoms with Gasteiger partial charge in [0.05, 0.1) is 6.54 Å². The summed E-state index contributed by atoms with van der Waals surface area (Å²) in [5, 5.41) is 10.6. The zero-order chi connectivity index (χ0) is 19.7. The molecule has 28 heavy (non-hydrogen) atoms. The summed E-state index contributed by atoms with van der Waals surface area (Å²) in [6.07, 6.45) is 5.14. The van der Waals surface area contributed by atoms with Crippen molar-refractivity contribution in [1.82, 2.24) is 9.80 Å². The van der Waals surface area contributed by atoms with E-state index in [2.05, 4.69) is 4.90 Å². The molecule has 1 amide bonds. The van der Waals surface area contributed by atoms with Crippen molar-refractivity contribution in [2.75, 3.05) is 26.2 Å². The summed E-state index contributed by atoms with van der Waals surface area (Å²) in [5.41, 5.74) is -0.407. The van der Waals surface area contributed by atoms with Crippen LogP contribution >= 0.6 is 0 Å². The van der Waals surface area contributed by atoms with Crippen molar-refractivity contribution in [3.8, 4) is 5.75 Å². The summed E-state index contributed by atoms with van der Waals surface area (Å²) in [4.78, 5) is 17.6. The van der Waals surface area contributed by atoms with E-state index >= 15 is 0 Å². The molecule has 0 radical (unpaired) electrons. The van der Waals surface area contributed by atoms with Crippen LogP contribution in [0.5, 0.6) is 5.75 Å². The lowest BCUT2D eigenvalue weighted by atomic mass is 9.91. The number of benzene rings is 1. The monoisotopic (exact) mass is 394 g/mol. The van der Waals surface area contributed by atoms with E-state index in [9.17, 15) is 18.7 Å². The van der Waals surface area contributed by atoms with Crippen molar-refractivity contribution in [1.29, 1.82) is 0 Å². The maximum absolute atomic E-state index is 13.4. The number of aliphatic hydroxyl groups excluding tert-OH is 1. The molecule has 154 valence electrons. The fourth-order valence-electron chi connectivity index (χ4n) is 5.07. The van der Waals surface area contributed by atoms with Crippen molar-refractivity contribution in [2.45, 2.75) is 62.7 Å². The van der Waals surface area contributed by atoms with E-state index in [-0.39, 0.29) is 18.2 Å². The average molecular weight is 394 g/mol. The summed E-state index contributed by atoms with van der Waals surface area (Å²) in [5.74, 6) is -1.25. The average Bonchev–Trinajstić information content (AvgIpc) is 3.34. The lowest BCUT2D eigenvalue weighted by Crippen LogP contribution is -2.61. The van der Waals surface area contributed by atoms with Gasteiger partial charge >= 0.3 is 0 Å². The Morgan fingerprint density at radius 1 is 1.04 bits per heavy atom. The van der Waals surface area contributed by atoms with E-state index in [0.717, 1.165) is 69.8 Å². The number of hydrogen-bond acceptors (Lipinski definition) is 4. The fraction of sp³-hybridized carbons (Fsp3) is 0.667. The highest BCUT2D eigenvalue weighted by molar-refractivity contribution is 5.87. The molecule has 0 unspecified atom stereocenters. The molecule has 0 spiro atoms. The van der Waals surface area contributed by atoms with E-state index in [1.165, 1.54) is 0 Å². The van der Waals surface area contributed by atoms with Gasteiger partial charge in [-0.25, -0.2) is 8.78 Å². The molecule has 4 rings (SSSR count). The van der Waals surface area contributed by atoms with Gasteiger partial charge in [0, 0.05) is 31.2 Å². The topological polar surface area (TPSA) is 53.0 Å². The second kappa shape index (κ2) is 7.95. The van der Waals surface area contributed by atoms with E-state index in [0.29, 0.717) is 13.0 Å². The minimum absolute atomic E-state index is 0.0608. The van der Waals surface area contributed by atoms with Gasteiger partial charge in [-0.3, -0.25) is 9.69 Å². The molecular weight excluding hydrogens is 366 g/mol. The Balaban J connectivity index is 1.42. The number of β-amino-alcohol motifs (C(OH)–C–C–N with tert-alkyl or cyclic N) is 1. The molecule has 2 atom stereocenters. The molecule has 3 aliphatic rings. The number of piperidine rings is 1. The first-order valence-electron chi connectivity index (χ1n) is 10.3. The Morgan fingerprint density at radius 2 is 1.68 bits per heavy atom. The van der Waals surface area contributed by atoms with Gasteiger partial charge in [0.25, 0.3) is 0 Å². The van der Waals surface area contributed by atoms with E-state index < -0.39 is 29.4 Å². The minimum Gasteiger partial charge on any atom is -0.487 e. The summed E-state index contributed by atoms with van der Waals surface area (Å²) in [6.45, 7) is 2.61. The molecule has 2 aliphatic heterocycles. The molecule has 1 saturated carbocycles. The van der Waals surface area contributed by atoms with Crippen LogP contribution in [-0.2, 0) is 4.79 Å². The third-order valence-electron chi connectivity index (χ3n) is 6.47. The summed E-state index contributed by atoms with van der Waals surface area (Å²) < 4.78 is 32.4. The van der Waals surface area contributed by atoms with Gasteiger partial charge in [0.2, 0.25) is 5.91 Å². The minimum atomic E-state index is -0.888. The van der Waals surface area contributed by atoms with Crippen LogP contribution in [0.1, 0.15) is 44.9 Å². The molecule has 1 N–H and O–H groups in total. The number of carbonyl (C=O) groups is 1. The molecule has 1 aromatic rings. The van der Waals surface area contributed by atoms with Crippen LogP contribution in [-0.4, -0.2) is 64.7 Å². The maximum Gasteiger partial charge on any atom is 0.243 e. The molecule has 1 aromatic carbocycles. The van der Waals surface area contributed by atoms with Crippen LogP contribution in [0.25, 0.3) is 0 Å². The molecule has 7 heteroatoms. The number of hydrogen-bond donors (Lipinski definition) is 1. The molecule has 3 fully saturated rings. The first-order chi connectivity index (χ1) is 13.5. The standard InChI is InChI=1S/C21H28F2N2O3/c22-15-11-16(23)13-17(12-15)28-19-5-10-24(14-18(19)26)20(27)21(6-1-2-7-21)25-8-3-4-9-25/h11-13,18-19,26H,1-10,14H2/t18-,19-/m1/s1. The van der Waals surface area contributed by atoms with Crippen molar-refractivity contribution in [3.05, 3.63) is 29.8 Å². The number of aliphatic hydroxyl groups is 1. The molecular formula is C21H28F2N2O3. The fourth-order valence-corrected chi connectivity index (χ4v) is 5.07. The third kappa shape index (κ3) is 3.74. The van der Waals surface area contributed by atoms with Crippen molar-refractivity contribution in [2.24, 2.45) is 0 Å². The number of carbonyl (C=O) groups excluding carboxylic acids is 1. The smallest absolute Gasteiger partial charge is 0.243 e. The van der Waals surface area contributed by atoms with Crippen molar-refractivity contribution in [3.63, 3.8) is 0 Å². The van der Waals surface area contributed by atoms with Crippen molar-refractivity contribution >= 4 is 5.91 Å². The second-order valence-electron chi connectivity index (χ2n) is 8.30. The second-order valence-corrected chi connectivity index (χ2v) is 8.30. The zero-order valence-electron chi connectivity index (χ0n) is 16.1. The lowest BCUT2D eigenvalue weighted by molar-refractivity contribution is -0.149. The maximum atomic E-state index is 13.4. The van der Waals surface area contributed by atoms with E-state index in [4.69, 9.17) is 4.74 Å². The third-order valence-corrected chi connectivity index (χ3v) is 6.47. The van der Waals surface area contributed by atoms with Gasteiger partial charge in [-0.05, 0) is 38.8 Å². The predicted molar refractivity (Wildman–Crippen MR) is 100.0 cm³/mol. The number of rotatable bonds is 4. The van der Waals surface area contributed by atoms with E-state index in [1.54, 1.807) is 4.90 Å². The number of ether oxygens (including phenoxy) is 1. The van der Waals surface area contributed by atoms with Crippen LogP contribution in [0.2, 0.25) is 0 Å². The van der Waals surface area contributed by atoms with Crippen molar-refractivity contribution < 1.29 is 23.4 Å². The Morgan fingerprint density at radius 3 is 2.29 bits per heavy atom. The summed E-state index contributed by atoms with van der Waals surface area (Å²) in [7, 11) is 0. The Bertz CT molecular complexity index is 697. The number of nitrogens with zero attached hydrogens (tertiary/aromatic N) is 2. The van der Waals surface area contributed by atoms with Gasteiger partial charge in [-0.2, -0.15) is 0 Å². The van der Waals surface area contributed by atoms with Crippen LogP contribution in [0, 0.1) is 11.6 Å². The van der Waals surface area contributed by atoms with Gasteiger partial charge in [-0.1, -0.05) is 12.8 Å². The zero-order valence-corrected chi connectivity index (χ0v) is 16.1. The molecule has 0 bridgehead atoms. The largest absolute Gasteiger partial charge is 0.487 e. The van der Waals surface area contributed by atoms with E-state index in [1.807, 2.05) is 0 Å². The van der Waals surface area contributed by atoms with Crippen LogP contribution in [0.4, 0.5) is 8.78 Å². The number of halogens is 2. The predicted octanol–water partition coefficient (Wildman–Crippen LogP) is 2.71. The van der Waals surface area contributed by atoms with Gasteiger partial charge < -0.3 is 14.7 Å². The summed E-state index contributed by atoms with van der Waals surface area (Å²) >= 11 is 0. The molecule has 2 heterocycles. The molecule has 2 saturated heterocycles. The van der Waals surface area contributed by atoms with Crippen LogP contribution in [0.3, 0.4) is 0 Å². The van der Waals surface area contributed by atoms with Gasteiger partial charge in [0.15, 0.2) is 0 Å². The highest BCUT2D eigenvalue weighted by Crippen LogP contribution is 2.39. The Kier molecular flexibility index (Phi) is 5.56. The lowest BCUT2D eigenvalue weighted by Gasteiger charge is -2.44. The molecule has 1 aliphatic carbocycles. The number of amides is 1. The molecule has 5 nitrogen and oxygen atoms in total. The van der Waals surface area contributed by atoms with Gasteiger partial charge in [-0.15, -0.1) is 0 Å². The quantitative estimate of drug-likeness (QED) is 0.853. The first kappa shape index (κ1) is 19.6. The van der Waals surface area contributed by atoms with Gasteiger partial charge in [0.1, 0.15) is 35.1 Å². The molecule has 0 aromatic heterocycles. The Hall–Kier alpha value is -1.73. The first-order valence-corrected chi connectivity index (χ1v) is 10.3. The Labute approximate surface area is 164 Å². The highest BCUT2D eigenvalue weighted by Gasteiger charge is 2.49.